The second-order valence-electron chi connectivity index (χ2n) is 8.49. The third kappa shape index (κ3) is 3.80. The number of para-hydroxylation sites is 1. The first kappa shape index (κ1) is 21.3. The van der Waals surface area contributed by atoms with Gasteiger partial charge < -0.3 is 14.8 Å². The van der Waals surface area contributed by atoms with Crippen molar-refractivity contribution in [2.24, 2.45) is 0 Å². The minimum absolute atomic E-state index is 0.0178. The van der Waals surface area contributed by atoms with Crippen molar-refractivity contribution in [1.29, 1.82) is 0 Å². The maximum absolute atomic E-state index is 5.88. The van der Waals surface area contributed by atoms with Gasteiger partial charge >= 0.3 is 0 Å². The number of pyridine rings is 2. The molecule has 4 aromatic rings. The molecule has 0 aliphatic carbocycles. The Kier molecular flexibility index (Phi) is 5.68. The molecule has 4 heterocycles. The Labute approximate surface area is 200 Å². The van der Waals surface area contributed by atoms with E-state index in [1.807, 2.05) is 42.9 Å². The molecule has 1 aliphatic heterocycles. The molecule has 33 heavy (non-hydrogen) atoms. The number of nitrogens with one attached hydrogen (secondary N) is 1. The molecule has 5 nitrogen and oxygen atoms in total. The number of rotatable bonds is 5. The largest absolute Gasteiger partial charge is 0.352 e. The Balaban J connectivity index is 1.67. The smallest absolute Gasteiger partial charge is 0.170 e. The summed E-state index contributed by atoms with van der Waals surface area (Å²) < 4.78 is 2.35. The second kappa shape index (κ2) is 8.79. The number of hydrogen-bond acceptors (Lipinski definition) is 3. The molecule has 0 saturated carbocycles. The van der Waals surface area contributed by atoms with Crippen molar-refractivity contribution in [2.45, 2.75) is 39.4 Å². The second-order valence-corrected chi connectivity index (χ2v) is 8.88. The van der Waals surface area contributed by atoms with Crippen LogP contribution in [0.25, 0.3) is 5.69 Å². The van der Waals surface area contributed by atoms with Gasteiger partial charge in [-0.05, 0) is 80.5 Å². The Bertz CT molecular complexity index is 1270. The predicted octanol–water partition coefficient (Wildman–Crippen LogP) is 5.37. The zero-order chi connectivity index (χ0) is 22.9. The van der Waals surface area contributed by atoms with Crippen molar-refractivity contribution in [1.82, 2.24) is 24.8 Å². The normalized spacial score (nSPS) is 17.9. The van der Waals surface area contributed by atoms with Crippen LogP contribution in [-0.2, 0) is 6.54 Å². The van der Waals surface area contributed by atoms with Crippen molar-refractivity contribution in [3.05, 3.63) is 113 Å². The molecule has 1 fully saturated rings. The highest BCUT2D eigenvalue weighted by atomic mass is 32.1. The van der Waals surface area contributed by atoms with Gasteiger partial charge in [-0.2, -0.15) is 0 Å². The maximum Gasteiger partial charge on any atom is 0.170 e. The van der Waals surface area contributed by atoms with Crippen LogP contribution in [0, 0.1) is 20.8 Å². The summed E-state index contributed by atoms with van der Waals surface area (Å²) in [6.45, 7) is 7.34. The van der Waals surface area contributed by atoms with Crippen LogP contribution in [0.4, 0.5) is 0 Å². The molecular formula is C27H27N5S. The summed E-state index contributed by atoms with van der Waals surface area (Å²) in [5, 5.41) is 4.33. The van der Waals surface area contributed by atoms with E-state index in [4.69, 9.17) is 17.2 Å². The molecule has 0 bridgehead atoms. The van der Waals surface area contributed by atoms with E-state index in [0.29, 0.717) is 6.54 Å². The van der Waals surface area contributed by atoms with Crippen LogP contribution in [0.1, 0.15) is 45.9 Å². The highest BCUT2D eigenvalue weighted by Gasteiger charge is 2.42. The Morgan fingerprint density at radius 2 is 1.61 bits per heavy atom. The molecule has 0 radical (unpaired) electrons. The standard InChI is InChI=1S/C27H27N5S/c1-18-19(2)32(22-9-5-4-6-10-22)20(3)24(18)26-25(23-11-7-8-14-29-23)30-27(33)31(26)17-21-12-15-28-16-13-21/h4-16,25-26H,17H2,1-3H3,(H,30,33). The lowest BCUT2D eigenvalue weighted by molar-refractivity contribution is 0.309. The van der Waals surface area contributed by atoms with Gasteiger partial charge in [0.1, 0.15) is 0 Å². The molecule has 1 aromatic carbocycles. The van der Waals surface area contributed by atoms with Crippen LogP contribution in [-0.4, -0.2) is 24.5 Å². The Morgan fingerprint density at radius 3 is 2.30 bits per heavy atom. The summed E-state index contributed by atoms with van der Waals surface area (Å²) in [6.07, 6.45) is 5.52. The van der Waals surface area contributed by atoms with Crippen LogP contribution in [0.2, 0.25) is 0 Å². The van der Waals surface area contributed by atoms with Crippen LogP contribution in [0.15, 0.2) is 79.3 Å². The van der Waals surface area contributed by atoms with Crippen molar-refractivity contribution in [3.63, 3.8) is 0 Å². The van der Waals surface area contributed by atoms with Gasteiger partial charge in [0.25, 0.3) is 0 Å². The fourth-order valence-electron chi connectivity index (χ4n) is 4.98. The Hall–Kier alpha value is -3.51. The van der Waals surface area contributed by atoms with Gasteiger partial charge in [0.05, 0.1) is 17.8 Å². The molecule has 6 heteroatoms. The van der Waals surface area contributed by atoms with Gasteiger partial charge in [0, 0.05) is 47.8 Å². The van der Waals surface area contributed by atoms with Crippen LogP contribution >= 0.6 is 12.2 Å². The fraction of sp³-hybridized carbons (Fsp3) is 0.222. The monoisotopic (exact) mass is 453 g/mol. The summed E-state index contributed by atoms with van der Waals surface area (Å²) in [4.78, 5) is 11.2. The minimum atomic E-state index is -0.0380. The topological polar surface area (TPSA) is 46.0 Å². The number of hydrogen-bond donors (Lipinski definition) is 1. The molecule has 3 aromatic heterocycles. The molecule has 0 amide bonds. The van der Waals surface area contributed by atoms with E-state index < -0.39 is 0 Å². The molecule has 2 atom stereocenters. The number of aromatic nitrogens is 3. The van der Waals surface area contributed by atoms with E-state index >= 15 is 0 Å². The highest BCUT2D eigenvalue weighted by Crippen LogP contribution is 2.44. The molecular weight excluding hydrogens is 426 g/mol. The van der Waals surface area contributed by atoms with Gasteiger partial charge in [-0.1, -0.05) is 24.3 Å². The van der Waals surface area contributed by atoms with Gasteiger partial charge in [0.15, 0.2) is 5.11 Å². The summed E-state index contributed by atoms with van der Waals surface area (Å²) in [6, 6.07) is 20.7. The predicted molar refractivity (Wildman–Crippen MR) is 135 cm³/mol. The first-order valence-corrected chi connectivity index (χ1v) is 11.6. The first-order valence-electron chi connectivity index (χ1n) is 11.2. The third-order valence-electron chi connectivity index (χ3n) is 6.62. The van der Waals surface area contributed by atoms with Gasteiger partial charge in [0.2, 0.25) is 0 Å². The van der Waals surface area contributed by atoms with E-state index in [-0.39, 0.29) is 12.1 Å². The molecule has 5 rings (SSSR count). The Morgan fingerprint density at radius 1 is 0.879 bits per heavy atom. The summed E-state index contributed by atoms with van der Waals surface area (Å²) in [7, 11) is 0. The minimum Gasteiger partial charge on any atom is -0.352 e. The van der Waals surface area contributed by atoms with E-state index in [0.717, 1.165) is 10.8 Å². The lowest BCUT2D eigenvalue weighted by Crippen LogP contribution is -2.29. The van der Waals surface area contributed by atoms with Crippen LogP contribution in [0.3, 0.4) is 0 Å². The van der Waals surface area contributed by atoms with E-state index in [1.54, 1.807) is 0 Å². The van der Waals surface area contributed by atoms with Gasteiger partial charge in [-0.15, -0.1) is 0 Å². The van der Waals surface area contributed by atoms with Crippen molar-refractivity contribution in [3.8, 4) is 5.69 Å². The third-order valence-corrected chi connectivity index (χ3v) is 6.97. The van der Waals surface area contributed by atoms with Crippen molar-refractivity contribution >= 4 is 17.3 Å². The lowest BCUT2D eigenvalue weighted by Gasteiger charge is -2.29. The van der Waals surface area contributed by atoms with Crippen molar-refractivity contribution < 1.29 is 0 Å². The first-order chi connectivity index (χ1) is 16.1. The average molecular weight is 454 g/mol. The average Bonchev–Trinajstić information content (AvgIpc) is 3.27. The van der Waals surface area contributed by atoms with Crippen molar-refractivity contribution in [2.75, 3.05) is 0 Å². The van der Waals surface area contributed by atoms with E-state index in [2.05, 4.69) is 76.9 Å². The zero-order valence-electron chi connectivity index (χ0n) is 19.1. The fourth-order valence-corrected chi connectivity index (χ4v) is 5.29. The highest BCUT2D eigenvalue weighted by molar-refractivity contribution is 7.80. The molecule has 2 unspecified atom stereocenters. The van der Waals surface area contributed by atoms with E-state index in [9.17, 15) is 0 Å². The van der Waals surface area contributed by atoms with Gasteiger partial charge in [-0.3, -0.25) is 9.97 Å². The molecule has 1 N–H and O–H groups in total. The number of thiocarbonyl (C=S) groups is 1. The van der Waals surface area contributed by atoms with E-state index in [1.165, 1.54) is 33.8 Å². The quantitative estimate of drug-likeness (QED) is 0.412. The summed E-state index contributed by atoms with van der Waals surface area (Å²) >= 11 is 5.88. The zero-order valence-corrected chi connectivity index (χ0v) is 19.9. The van der Waals surface area contributed by atoms with Crippen LogP contribution in [0.5, 0.6) is 0 Å². The molecule has 166 valence electrons. The summed E-state index contributed by atoms with van der Waals surface area (Å²) in [5.74, 6) is 0. The van der Waals surface area contributed by atoms with Crippen LogP contribution < -0.4 is 5.32 Å². The SMILES string of the molecule is Cc1c(C2C(c3ccccn3)NC(=S)N2Cc2ccncc2)c(C)n(-c2ccccc2)c1C. The molecule has 0 spiro atoms. The van der Waals surface area contributed by atoms with Gasteiger partial charge in [-0.25, -0.2) is 0 Å². The molecule has 1 saturated heterocycles. The maximum atomic E-state index is 5.88. The summed E-state index contributed by atoms with van der Waals surface area (Å²) in [5.41, 5.74) is 8.40. The number of benzene rings is 1. The number of nitrogens with zero attached hydrogens (tertiary/aromatic N) is 4. The lowest BCUT2D eigenvalue weighted by atomic mass is 9.93. The molecule has 1 aliphatic rings.